The molecule has 0 saturated heterocycles. The number of carbonyl (C=O) groups excluding carboxylic acids is 2. The molecule has 0 aliphatic carbocycles. The van der Waals surface area contributed by atoms with E-state index in [4.69, 9.17) is 9.47 Å². The van der Waals surface area contributed by atoms with Crippen LogP contribution in [-0.4, -0.2) is 67.2 Å². The zero-order chi connectivity index (χ0) is 20.6. The van der Waals surface area contributed by atoms with Gasteiger partial charge in [-0.25, -0.2) is 4.79 Å². The first kappa shape index (κ1) is 20.8. The van der Waals surface area contributed by atoms with Gasteiger partial charge in [0, 0.05) is 51.3 Å². The van der Waals surface area contributed by atoms with Crippen molar-refractivity contribution in [3.05, 3.63) is 59.4 Å². The molecule has 8 nitrogen and oxygen atoms in total. The minimum Gasteiger partial charge on any atom is -0.383 e. The van der Waals surface area contributed by atoms with Crippen molar-refractivity contribution in [2.24, 2.45) is 0 Å². The molecular weight excluding hydrogens is 372 g/mol. The normalized spacial score (nSPS) is 12.6. The Morgan fingerprint density at radius 2 is 1.76 bits per heavy atom. The van der Waals surface area contributed by atoms with Gasteiger partial charge in [0.05, 0.1) is 25.5 Å². The summed E-state index contributed by atoms with van der Waals surface area (Å²) in [6.45, 7) is 2.92. The Kier molecular flexibility index (Phi) is 7.15. The molecule has 3 rings (SSSR count). The second kappa shape index (κ2) is 9.99. The fraction of sp³-hybridized carbons (Fsp3) is 0.381. The van der Waals surface area contributed by atoms with Crippen molar-refractivity contribution in [3.8, 4) is 0 Å². The van der Waals surface area contributed by atoms with Gasteiger partial charge in [0.25, 0.3) is 5.91 Å². The van der Waals surface area contributed by atoms with E-state index in [0.29, 0.717) is 50.6 Å². The van der Waals surface area contributed by atoms with Crippen LogP contribution in [0.1, 0.15) is 21.6 Å². The van der Waals surface area contributed by atoms with Crippen molar-refractivity contribution in [3.63, 3.8) is 0 Å². The number of aromatic nitrogens is 1. The largest absolute Gasteiger partial charge is 0.383 e. The summed E-state index contributed by atoms with van der Waals surface area (Å²) >= 11 is 0. The van der Waals surface area contributed by atoms with E-state index in [0.717, 1.165) is 11.3 Å². The number of methoxy groups -OCH3 is 2. The number of ether oxygens (including phenoxy) is 2. The van der Waals surface area contributed by atoms with E-state index in [-0.39, 0.29) is 11.9 Å². The summed E-state index contributed by atoms with van der Waals surface area (Å²) in [5.41, 5.74) is 3.18. The number of benzene rings is 1. The summed E-state index contributed by atoms with van der Waals surface area (Å²) in [7, 11) is 3.21. The topological polar surface area (TPSA) is 84.0 Å². The molecule has 154 valence electrons. The van der Waals surface area contributed by atoms with Crippen molar-refractivity contribution in [2.45, 2.75) is 13.1 Å². The first-order chi connectivity index (χ1) is 14.1. The van der Waals surface area contributed by atoms with Crippen molar-refractivity contribution < 1.29 is 19.1 Å². The quantitative estimate of drug-likeness (QED) is 0.738. The Morgan fingerprint density at radius 3 is 2.38 bits per heavy atom. The van der Waals surface area contributed by atoms with Crippen molar-refractivity contribution in [1.29, 1.82) is 0 Å². The van der Waals surface area contributed by atoms with Crippen LogP contribution in [0.4, 0.5) is 10.5 Å². The molecule has 2 heterocycles. The van der Waals surface area contributed by atoms with E-state index >= 15 is 0 Å². The lowest BCUT2D eigenvalue weighted by Gasteiger charge is -2.22. The van der Waals surface area contributed by atoms with Crippen LogP contribution < -0.4 is 5.32 Å². The van der Waals surface area contributed by atoms with E-state index < -0.39 is 0 Å². The maximum absolute atomic E-state index is 12.7. The lowest BCUT2D eigenvalue weighted by Crippen LogP contribution is -2.36. The summed E-state index contributed by atoms with van der Waals surface area (Å²) in [6, 6.07) is 10.6. The molecule has 0 saturated carbocycles. The molecule has 29 heavy (non-hydrogen) atoms. The van der Waals surface area contributed by atoms with Crippen LogP contribution in [0.3, 0.4) is 0 Å². The maximum Gasteiger partial charge on any atom is 0.322 e. The van der Waals surface area contributed by atoms with Crippen molar-refractivity contribution in [1.82, 2.24) is 14.8 Å². The molecule has 1 aromatic carbocycles. The Hall–Kier alpha value is -2.97. The van der Waals surface area contributed by atoms with Gasteiger partial charge in [-0.05, 0) is 35.9 Å². The van der Waals surface area contributed by atoms with Crippen LogP contribution in [-0.2, 0) is 22.6 Å². The first-order valence-electron chi connectivity index (χ1n) is 9.48. The third-order valence-electron chi connectivity index (χ3n) is 4.77. The fourth-order valence-corrected chi connectivity index (χ4v) is 3.14. The van der Waals surface area contributed by atoms with Gasteiger partial charge in [-0.15, -0.1) is 0 Å². The predicted octanol–water partition coefficient (Wildman–Crippen LogP) is 2.36. The number of fused-ring (bicyclic) bond motifs is 1. The Balaban J connectivity index is 1.59. The number of hydrogen-bond donors (Lipinski definition) is 1. The highest BCUT2D eigenvalue weighted by Gasteiger charge is 2.24. The van der Waals surface area contributed by atoms with Gasteiger partial charge in [0.2, 0.25) is 0 Å². The summed E-state index contributed by atoms with van der Waals surface area (Å²) in [5.74, 6) is -0.0990. The van der Waals surface area contributed by atoms with Crippen molar-refractivity contribution >= 4 is 17.6 Å². The van der Waals surface area contributed by atoms with Crippen molar-refractivity contribution in [2.75, 3.05) is 45.8 Å². The Labute approximate surface area is 170 Å². The van der Waals surface area contributed by atoms with Gasteiger partial charge in [-0.3, -0.25) is 9.78 Å². The fourth-order valence-electron chi connectivity index (χ4n) is 3.14. The number of anilines is 1. The number of nitrogens with zero attached hydrogens (tertiary/aromatic N) is 3. The molecule has 1 N–H and O–H groups in total. The van der Waals surface area contributed by atoms with Crippen LogP contribution >= 0.6 is 0 Å². The second-order valence-electron chi connectivity index (χ2n) is 6.75. The van der Waals surface area contributed by atoms with Crippen LogP contribution in [0.5, 0.6) is 0 Å². The molecule has 3 amide bonds. The zero-order valence-electron chi connectivity index (χ0n) is 16.8. The maximum atomic E-state index is 12.7. The molecule has 0 fully saturated rings. The Bertz CT molecular complexity index is 808. The average Bonchev–Trinajstić information content (AvgIpc) is 3.18. The van der Waals surface area contributed by atoms with E-state index in [1.165, 1.54) is 0 Å². The number of urea groups is 1. The third kappa shape index (κ3) is 5.30. The van der Waals surface area contributed by atoms with Crippen LogP contribution in [0.2, 0.25) is 0 Å². The van der Waals surface area contributed by atoms with Crippen LogP contribution in [0.15, 0.2) is 42.6 Å². The Morgan fingerprint density at radius 1 is 1.07 bits per heavy atom. The highest BCUT2D eigenvalue weighted by molar-refractivity contribution is 5.95. The van der Waals surface area contributed by atoms with Gasteiger partial charge in [0.1, 0.15) is 0 Å². The molecule has 0 bridgehead atoms. The monoisotopic (exact) mass is 398 g/mol. The minimum absolute atomic E-state index is 0.0990. The van der Waals surface area contributed by atoms with Crippen LogP contribution in [0.25, 0.3) is 0 Å². The number of pyridine rings is 1. The highest BCUT2D eigenvalue weighted by atomic mass is 16.5. The summed E-state index contributed by atoms with van der Waals surface area (Å²) in [5, 5.41) is 2.88. The molecule has 0 atom stereocenters. The summed E-state index contributed by atoms with van der Waals surface area (Å²) in [4.78, 5) is 33.0. The molecule has 1 aliphatic heterocycles. The SMILES string of the molecule is COCCN(CCOC)C(=O)c1ccc(NC(=O)N2Cc3cccnc3C2)cc1. The van der Waals surface area contributed by atoms with Gasteiger partial charge in [-0.1, -0.05) is 6.07 Å². The van der Waals surface area contributed by atoms with Gasteiger partial charge in [-0.2, -0.15) is 0 Å². The summed E-state index contributed by atoms with van der Waals surface area (Å²) in [6.07, 6.45) is 1.73. The van der Waals surface area contributed by atoms with E-state index in [1.807, 2.05) is 12.1 Å². The minimum atomic E-state index is -0.191. The number of rotatable bonds is 8. The van der Waals surface area contributed by atoms with E-state index in [1.54, 1.807) is 54.5 Å². The van der Waals surface area contributed by atoms with Gasteiger partial charge in [0.15, 0.2) is 0 Å². The van der Waals surface area contributed by atoms with E-state index in [2.05, 4.69) is 10.3 Å². The van der Waals surface area contributed by atoms with E-state index in [9.17, 15) is 9.59 Å². The summed E-state index contributed by atoms with van der Waals surface area (Å²) < 4.78 is 10.2. The number of nitrogens with one attached hydrogen (secondary N) is 1. The lowest BCUT2D eigenvalue weighted by molar-refractivity contribution is 0.0627. The molecule has 0 radical (unpaired) electrons. The molecule has 0 spiro atoms. The molecular formula is C21H26N4O4. The van der Waals surface area contributed by atoms with Crippen LogP contribution in [0, 0.1) is 0 Å². The molecule has 8 heteroatoms. The molecule has 1 aliphatic rings. The van der Waals surface area contributed by atoms with Gasteiger partial charge >= 0.3 is 6.03 Å². The zero-order valence-corrected chi connectivity index (χ0v) is 16.8. The standard InChI is InChI=1S/C21H26N4O4/c1-28-12-10-24(11-13-29-2)20(26)16-5-7-18(8-6-16)23-21(27)25-14-17-4-3-9-22-19(17)15-25/h3-9H,10-15H2,1-2H3,(H,23,27). The molecule has 0 unspecified atom stereocenters. The first-order valence-corrected chi connectivity index (χ1v) is 9.48. The number of hydrogen-bond acceptors (Lipinski definition) is 5. The predicted molar refractivity (Wildman–Crippen MR) is 109 cm³/mol. The van der Waals surface area contributed by atoms with Gasteiger partial charge < -0.3 is 24.6 Å². The smallest absolute Gasteiger partial charge is 0.322 e. The number of amides is 3. The lowest BCUT2D eigenvalue weighted by atomic mass is 10.1. The second-order valence-corrected chi connectivity index (χ2v) is 6.75. The highest BCUT2D eigenvalue weighted by Crippen LogP contribution is 2.21. The average molecular weight is 398 g/mol. The molecule has 2 aromatic rings. The number of carbonyl (C=O) groups is 2. The molecule has 1 aromatic heterocycles. The third-order valence-corrected chi connectivity index (χ3v) is 4.77.